The second kappa shape index (κ2) is 5.10. The third-order valence-electron chi connectivity index (χ3n) is 2.68. The van der Waals surface area contributed by atoms with Crippen molar-refractivity contribution in [3.63, 3.8) is 0 Å². The van der Waals surface area contributed by atoms with E-state index in [1.165, 1.54) is 0 Å². The van der Waals surface area contributed by atoms with Gasteiger partial charge in [0.15, 0.2) is 0 Å². The van der Waals surface area contributed by atoms with Crippen molar-refractivity contribution in [3.05, 3.63) is 0 Å². The van der Waals surface area contributed by atoms with Gasteiger partial charge in [-0.15, -0.1) is 0 Å². The standard InChI is InChI=1S/C9H17NO2.C2H6/c1-8-5-11-7-9(12-8)3-4-10(2)6-9;1-2/h8H,3-7H2,1-2H3;1-2H3. The van der Waals surface area contributed by atoms with Crippen LogP contribution in [0.15, 0.2) is 0 Å². The van der Waals surface area contributed by atoms with Crippen molar-refractivity contribution in [2.45, 2.75) is 38.9 Å². The summed E-state index contributed by atoms with van der Waals surface area (Å²) in [6, 6.07) is 0. The summed E-state index contributed by atoms with van der Waals surface area (Å²) >= 11 is 0. The lowest BCUT2D eigenvalue weighted by molar-refractivity contribution is -0.185. The highest BCUT2D eigenvalue weighted by molar-refractivity contribution is 4.93. The van der Waals surface area contributed by atoms with Gasteiger partial charge in [-0.25, -0.2) is 0 Å². The van der Waals surface area contributed by atoms with Crippen LogP contribution in [0.5, 0.6) is 0 Å². The zero-order chi connectivity index (χ0) is 10.6. The monoisotopic (exact) mass is 201 g/mol. The zero-order valence-electron chi connectivity index (χ0n) is 9.88. The molecule has 1 spiro atoms. The van der Waals surface area contributed by atoms with Gasteiger partial charge in [-0.1, -0.05) is 13.8 Å². The first-order valence-corrected chi connectivity index (χ1v) is 5.64. The molecule has 0 amide bonds. The Morgan fingerprint density at radius 1 is 1.36 bits per heavy atom. The lowest BCUT2D eigenvalue weighted by Crippen LogP contribution is -2.48. The molecule has 14 heavy (non-hydrogen) atoms. The summed E-state index contributed by atoms with van der Waals surface area (Å²) in [7, 11) is 2.14. The maximum absolute atomic E-state index is 5.94. The molecule has 2 atom stereocenters. The van der Waals surface area contributed by atoms with Crippen LogP contribution < -0.4 is 0 Å². The number of rotatable bonds is 0. The Labute approximate surface area is 87.4 Å². The molecule has 2 fully saturated rings. The average Bonchev–Trinajstić information content (AvgIpc) is 2.50. The van der Waals surface area contributed by atoms with Crippen molar-refractivity contribution in [2.24, 2.45) is 0 Å². The molecule has 3 heteroatoms. The van der Waals surface area contributed by atoms with Gasteiger partial charge in [0.25, 0.3) is 0 Å². The topological polar surface area (TPSA) is 21.7 Å². The molecule has 2 aliphatic rings. The fourth-order valence-electron chi connectivity index (χ4n) is 2.16. The quantitative estimate of drug-likeness (QED) is 0.593. The first-order chi connectivity index (χ1) is 6.70. The molecule has 2 heterocycles. The normalized spacial score (nSPS) is 38.1. The van der Waals surface area contributed by atoms with Crippen molar-refractivity contribution in [1.82, 2.24) is 4.90 Å². The van der Waals surface area contributed by atoms with Gasteiger partial charge in [-0.2, -0.15) is 0 Å². The van der Waals surface area contributed by atoms with E-state index < -0.39 is 0 Å². The summed E-state index contributed by atoms with van der Waals surface area (Å²) in [5.41, 5.74) is 0.0203. The van der Waals surface area contributed by atoms with Gasteiger partial charge < -0.3 is 14.4 Å². The van der Waals surface area contributed by atoms with Crippen LogP contribution in [0.2, 0.25) is 0 Å². The SMILES string of the molecule is CC.CC1COCC2(CCN(C)C2)O1. The van der Waals surface area contributed by atoms with Crippen molar-refractivity contribution < 1.29 is 9.47 Å². The van der Waals surface area contributed by atoms with Crippen molar-refractivity contribution in [3.8, 4) is 0 Å². The van der Waals surface area contributed by atoms with Crippen LogP contribution in [0.1, 0.15) is 27.2 Å². The lowest BCUT2D eigenvalue weighted by atomic mass is 10.0. The first kappa shape index (κ1) is 12.0. The van der Waals surface area contributed by atoms with Gasteiger partial charge >= 0.3 is 0 Å². The minimum Gasteiger partial charge on any atom is -0.376 e. The van der Waals surface area contributed by atoms with E-state index in [2.05, 4.69) is 18.9 Å². The Balaban J connectivity index is 0.000000461. The van der Waals surface area contributed by atoms with Crippen LogP contribution in [-0.4, -0.2) is 50.0 Å². The van der Waals surface area contributed by atoms with Gasteiger partial charge in [0.1, 0.15) is 5.60 Å². The van der Waals surface area contributed by atoms with Gasteiger partial charge in [-0.3, -0.25) is 0 Å². The molecule has 2 saturated heterocycles. The third-order valence-corrected chi connectivity index (χ3v) is 2.68. The average molecular weight is 201 g/mol. The van der Waals surface area contributed by atoms with Crippen molar-refractivity contribution in [1.29, 1.82) is 0 Å². The van der Waals surface area contributed by atoms with E-state index in [-0.39, 0.29) is 11.7 Å². The molecule has 0 aliphatic carbocycles. The molecule has 2 rings (SSSR count). The number of likely N-dealkylation sites (tertiary alicyclic amines) is 1. The number of ether oxygens (including phenoxy) is 2. The molecule has 0 N–H and O–H groups in total. The molecule has 84 valence electrons. The Kier molecular flexibility index (Phi) is 4.35. The van der Waals surface area contributed by atoms with Crippen LogP contribution in [0, 0.1) is 0 Å². The van der Waals surface area contributed by atoms with Crippen molar-refractivity contribution in [2.75, 3.05) is 33.4 Å². The highest BCUT2D eigenvalue weighted by Crippen LogP contribution is 2.29. The fourth-order valence-corrected chi connectivity index (χ4v) is 2.16. The van der Waals surface area contributed by atoms with E-state index in [9.17, 15) is 0 Å². The number of hydrogen-bond donors (Lipinski definition) is 0. The van der Waals surface area contributed by atoms with E-state index in [0.717, 1.165) is 32.7 Å². The molecular weight excluding hydrogens is 178 g/mol. The molecule has 0 aromatic heterocycles. The smallest absolute Gasteiger partial charge is 0.106 e. The van der Waals surface area contributed by atoms with Crippen LogP contribution in [-0.2, 0) is 9.47 Å². The second-order valence-corrected chi connectivity index (χ2v) is 4.11. The van der Waals surface area contributed by atoms with E-state index in [1.807, 2.05) is 13.8 Å². The largest absolute Gasteiger partial charge is 0.376 e. The third kappa shape index (κ3) is 2.69. The van der Waals surface area contributed by atoms with Gasteiger partial charge in [0.05, 0.1) is 19.3 Å². The molecule has 0 radical (unpaired) electrons. The highest BCUT2D eigenvalue weighted by Gasteiger charge is 2.41. The van der Waals surface area contributed by atoms with E-state index in [4.69, 9.17) is 9.47 Å². The molecule has 0 aromatic carbocycles. The van der Waals surface area contributed by atoms with Crippen LogP contribution in [0.25, 0.3) is 0 Å². The minimum atomic E-state index is 0.0203. The van der Waals surface area contributed by atoms with Gasteiger partial charge in [-0.05, 0) is 20.4 Å². The Morgan fingerprint density at radius 3 is 2.57 bits per heavy atom. The second-order valence-electron chi connectivity index (χ2n) is 4.11. The number of likely N-dealkylation sites (N-methyl/N-ethyl adjacent to an activating group) is 1. The first-order valence-electron chi connectivity index (χ1n) is 5.64. The molecule has 0 saturated carbocycles. The van der Waals surface area contributed by atoms with Gasteiger partial charge in [0.2, 0.25) is 0 Å². The molecular formula is C11H23NO2. The molecule has 0 bridgehead atoms. The van der Waals surface area contributed by atoms with E-state index in [0.29, 0.717) is 0 Å². The van der Waals surface area contributed by atoms with E-state index >= 15 is 0 Å². The summed E-state index contributed by atoms with van der Waals surface area (Å²) in [6.07, 6.45) is 1.39. The van der Waals surface area contributed by atoms with Crippen LogP contribution in [0.4, 0.5) is 0 Å². The van der Waals surface area contributed by atoms with Crippen LogP contribution in [0.3, 0.4) is 0 Å². The zero-order valence-corrected chi connectivity index (χ0v) is 9.88. The summed E-state index contributed by atoms with van der Waals surface area (Å²) < 4.78 is 11.5. The molecule has 3 nitrogen and oxygen atoms in total. The predicted octanol–water partition coefficient (Wildman–Crippen LogP) is 1.52. The summed E-state index contributed by atoms with van der Waals surface area (Å²) in [6.45, 7) is 9.78. The Hall–Kier alpha value is -0.120. The maximum atomic E-state index is 5.94. The molecule has 2 aliphatic heterocycles. The lowest BCUT2D eigenvalue weighted by Gasteiger charge is -2.36. The summed E-state index contributed by atoms with van der Waals surface area (Å²) in [5, 5.41) is 0. The fraction of sp³-hybridized carbons (Fsp3) is 1.00. The number of nitrogens with zero attached hydrogens (tertiary/aromatic N) is 1. The molecule has 2 unspecified atom stereocenters. The van der Waals surface area contributed by atoms with Crippen LogP contribution >= 0.6 is 0 Å². The Morgan fingerprint density at radius 2 is 2.07 bits per heavy atom. The predicted molar refractivity (Wildman–Crippen MR) is 57.6 cm³/mol. The van der Waals surface area contributed by atoms with Crippen molar-refractivity contribution >= 4 is 0 Å². The number of hydrogen-bond acceptors (Lipinski definition) is 3. The molecule has 0 aromatic rings. The summed E-state index contributed by atoms with van der Waals surface area (Å²) in [5.74, 6) is 0. The highest BCUT2D eigenvalue weighted by atomic mass is 16.6. The van der Waals surface area contributed by atoms with Gasteiger partial charge in [0, 0.05) is 13.1 Å². The minimum absolute atomic E-state index is 0.0203. The Bertz CT molecular complexity index is 171. The van der Waals surface area contributed by atoms with E-state index in [1.54, 1.807) is 0 Å². The maximum Gasteiger partial charge on any atom is 0.106 e. The summed E-state index contributed by atoms with van der Waals surface area (Å²) in [4.78, 5) is 2.31.